The second-order valence-corrected chi connectivity index (χ2v) is 5.27. The summed E-state index contributed by atoms with van der Waals surface area (Å²) >= 11 is 11.6. The normalized spacial score (nSPS) is 10.1. The predicted octanol–water partition coefficient (Wildman–Crippen LogP) is 3.50. The molecular weight excluding hydrogens is 330 g/mol. The van der Waals surface area contributed by atoms with Crippen LogP contribution in [0.4, 0.5) is 10.1 Å². The molecule has 7 heteroatoms. The number of carbonyl (C=O) groups excluding carboxylic acids is 2. The van der Waals surface area contributed by atoms with E-state index in [9.17, 15) is 14.0 Å². The van der Waals surface area contributed by atoms with Crippen molar-refractivity contribution in [3.05, 3.63) is 63.9 Å². The molecule has 2 amide bonds. The molecule has 2 rings (SSSR count). The Balaban J connectivity index is 1.92. The number of amides is 2. The number of anilines is 1. The van der Waals surface area contributed by atoms with Gasteiger partial charge in [-0.1, -0.05) is 29.3 Å². The molecule has 0 spiro atoms. The van der Waals surface area contributed by atoms with Crippen molar-refractivity contribution < 1.29 is 14.0 Å². The van der Waals surface area contributed by atoms with Crippen LogP contribution in [0.2, 0.25) is 10.0 Å². The third-order valence-corrected chi connectivity index (χ3v) is 3.08. The first-order chi connectivity index (χ1) is 10.4. The minimum absolute atomic E-state index is 0.246. The van der Waals surface area contributed by atoms with Gasteiger partial charge in [0.2, 0.25) is 5.91 Å². The molecule has 0 aliphatic carbocycles. The molecule has 22 heavy (non-hydrogen) atoms. The largest absolute Gasteiger partial charge is 0.343 e. The number of nitrogens with one attached hydrogen (secondary N) is 2. The quantitative estimate of drug-likeness (QED) is 0.894. The summed E-state index contributed by atoms with van der Waals surface area (Å²) in [5.74, 6) is -1.43. The summed E-state index contributed by atoms with van der Waals surface area (Å²) < 4.78 is 13.0. The van der Waals surface area contributed by atoms with Gasteiger partial charge in [0, 0.05) is 21.3 Å². The van der Waals surface area contributed by atoms with Crippen LogP contribution in [0, 0.1) is 5.82 Å². The maximum atomic E-state index is 13.0. The minimum Gasteiger partial charge on any atom is -0.343 e. The van der Waals surface area contributed by atoms with Crippen molar-refractivity contribution in [3.63, 3.8) is 0 Å². The van der Waals surface area contributed by atoms with Crippen LogP contribution in [-0.4, -0.2) is 18.4 Å². The van der Waals surface area contributed by atoms with Crippen molar-refractivity contribution in [2.75, 3.05) is 11.9 Å². The highest BCUT2D eigenvalue weighted by Crippen LogP contribution is 2.18. The molecule has 0 saturated heterocycles. The van der Waals surface area contributed by atoms with Crippen LogP contribution < -0.4 is 10.6 Å². The minimum atomic E-state index is -0.487. The van der Waals surface area contributed by atoms with Crippen LogP contribution in [0.5, 0.6) is 0 Å². The molecule has 0 radical (unpaired) electrons. The Bertz CT molecular complexity index is 702. The molecule has 2 N–H and O–H groups in total. The molecule has 0 heterocycles. The third kappa shape index (κ3) is 4.72. The van der Waals surface area contributed by atoms with Gasteiger partial charge in [0.15, 0.2) is 0 Å². The topological polar surface area (TPSA) is 58.2 Å². The van der Waals surface area contributed by atoms with E-state index < -0.39 is 17.6 Å². The van der Waals surface area contributed by atoms with Crippen LogP contribution >= 0.6 is 23.2 Å². The predicted molar refractivity (Wildman–Crippen MR) is 83.8 cm³/mol. The fourth-order valence-corrected chi connectivity index (χ4v) is 2.25. The van der Waals surface area contributed by atoms with E-state index >= 15 is 0 Å². The van der Waals surface area contributed by atoms with Crippen molar-refractivity contribution in [2.24, 2.45) is 0 Å². The summed E-state index contributed by atoms with van der Waals surface area (Å²) in [5, 5.41) is 5.53. The highest BCUT2D eigenvalue weighted by Gasteiger charge is 2.10. The Morgan fingerprint density at radius 1 is 1.05 bits per heavy atom. The zero-order valence-electron chi connectivity index (χ0n) is 11.2. The lowest BCUT2D eigenvalue weighted by Gasteiger charge is -2.07. The molecule has 0 aliphatic heterocycles. The van der Waals surface area contributed by atoms with E-state index in [1.807, 2.05) is 0 Å². The van der Waals surface area contributed by atoms with Crippen molar-refractivity contribution >= 4 is 40.7 Å². The van der Waals surface area contributed by atoms with Crippen molar-refractivity contribution in [3.8, 4) is 0 Å². The van der Waals surface area contributed by atoms with E-state index in [1.54, 1.807) is 6.07 Å². The van der Waals surface area contributed by atoms with Gasteiger partial charge in [0.1, 0.15) is 5.82 Å². The first-order valence-corrected chi connectivity index (χ1v) is 6.99. The van der Waals surface area contributed by atoms with Crippen LogP contribution in [-0.2, 0) is 4.79 Å². The first-order valence-electron chi connectivity index (χ1n) is 6.24. The zero-order chi connectivity index (χ0) is 16.1. The molecular formula is C15H11Cl2FN2O2. The third-order valence-electron chi connectivity index (χ3n) is 2.64. The molecule has 0 atom stereocenters. The SMILES string of the molecule is O=C(CNC(=O)c1cc(Cl)cc(Cl)c1)Nc1cccc(F)c1. The van der Waals surface area contributed by atoms with E-state index in [0.29, 0.717) is 15.7 Å². The number of benzene rings is 2. The molecule has 0 unspecified atom stereocenters. The average molecular weight is 341 g/mol. The lowest BCUT2D eigenvalue weighted by Crippen LogP contribution is -2.32. The van der Waals surface area contributed by atoms with Gasteiger partial charge in [-0.3, -0.25) is 9.59 Å². The van der Waals surface area contributed by atoms with Gasteiger partial charge in [-0.2, -0.15) is 0 Å². The van der Waals surface area contributed by atoms with E-state index in [0.717, 1.165) is 0 Å². The van der Waals surface area contributed by atoms with Gasteiger partial charge in [-0.05, 0) is 36.4 Å². The second-order valence-electron chi connectivity index (χ2n) is 4.40. The molecule has 0 aliphatic rings. The summed E-state index contributed by atoms with van der Waals surface area (Å²) in [4.78, 5) is 23.6. The molecule has 4 nitrogen and oxygen atoms in total. The number of hydrogen-bond donors (Lipinski definition) is 2. The summed E-state index contributed by atoms with van der Waals surface area (Å²) in [6, 6.07) is 9.82. The Morgan fingerprint density at radius 2 is 1.73 bits per heavy atom. The standard InChI is InChI=1S/C15H11Cl2FN2O2/c16-10-4-9(5-11(17)6-10)15(22)19-8-14(21)20-13-3-1-2-12(18)7-13/h1-7H,8H2,(H,19,22)(H,20,21). The average Bonchev–Trinajstić information content (AvgIpc) is 2.43. The van der Waals surface area contributed by atoms with Gasteiger partial charge in [-0.25, -0.2) is 4.39 Å². The summed E-state index contributed by atoms with van der Waals surface area (Å²) in [6.45, 7) is -0.264. The van der Waals surface area contributed by atoms with E-state index in [1.165, 1.54) is 36.4 Å². The van der Waals surface area contributed by atoms with E-state index in [-0.39, 0.29) is 12.1 Å². The fraction of sp³-hybridized carbons (Fsp3) is 0.0667. The van der Waals surface area contributed by atoms with Crippen molar-refractivity contribution in [1.29, 1.82) is 0 Å². The maximum absolute atomic E-state index is 13.0. The monoisotopic (exact) mass is 340 g/mol. The summed E-state index contributed by atoms with van der Waals surface area (Å²) in [5.41, 5.74) is 0.557. The number of hydrogen-bond acceptors (Lipinski definition) is 2. The number of rotatable bonds is 4. The summed E-state index contributed by atoms with van der Waals surface area (Å²) in [6.07, 6.45) is 0. The van der Waals surface area contributed by atoms with E-state index in [2.05, 4.69) is 10.6 Å². The smallest absolute Gasteiger partial charge is 0.251 e. The molecule has 0 fully saturated rings. The van der Waals surface area contributed by atoms with Crippen LogP contribution in [0.1, 0.15) is 10.4 Å². The fourth-order valence-electron chi connectivity index (χ4n) is 1.72. The number of carbonyl (C=O) groups is 2. The first kappa shape index (κ1) is 16.3. The molecule has 114 valence electrons. The van der Waals surface area contributed by atoms with Gasteiger partial charge in [-0.15, -0.1) is 0 Å². The Labute approximate surface area is 136 Å². The maximum Gasteiger partial charge on any atom is 0.251 e. The Hall–Kier alpha value is -2.11. The van der Waals surface area contributed by atoms with E-state index in [4.69, 9.17) is 23.2 Å². The lowest BCUT2D eigenvalue weighted by atomic mass is 10.2. The van der Waals surface area contributed by atoms with Crippen molar-refractivity contribution in [1.82, 2.24) is 5.32 Å². The Morgan fingerprint density at radius 3 is 2.36 bits per heavy atom. The van der Waals surface area contributed by atoms with Crippen LogP contribution in [0.15, 0.2) is 42.5 Å². The van der Waals surface area contributed by atoms with Gasteiger partial charge >= 0.3 is 0 Å². The molecule has 2 aromatic rings. The van der Waals surface area contributed by atoms with Crippen LogP contribution in [0.3, 0.4) is 0 Å². The van der Waals surface area contributed by atoms with Gasteiger partial charge < -0.3 is 10.6 Å². The second kappa shape index (κ2) is 7.24. The lowest BCUT2D eigenvalue weighted by molar-refractivity contribution is -0.115. The van der Waals surface area contributed by atoms with Gasteiger partial charge in [0.05, 0.1) is 6.54 Å². The van der Waals surface area contributed by atoms with Gasteiger partial charge in [0.25, 0.3) is 5.91 Å². The highest BCUT2D eigenvalue weighted by atomic mass is 35.5. The molecule has 0 aromatic heterocycles. The summed E-state index contributed by atoms with van der Waals surface area (Å²) in [7, 11) is 0. The molecule has 0 saturated carbocycles. The number of halogens is 3. The van der Waals surface area contributed by atoms with Crippen LogP contribution in [0.25, 0.3) is 0 Å². The Kier molecular flexibility index (Phi) is 5.35. The highest BCUT2D eigenvalue weighted by molar-refractivity contribution is 6.35. The molecule has 0 bridgehead atoms. The zero-order valence-corrected chi connectivity index (χ0v) is 12.7. The van der Waals surface area contributed by atoms with Crippen molar-refractivity contribution in [2.45, 2.75) is 0 Å². The molecule has 2 aromatic carbocycles.